The summed E-state index contributed by atoms with van der Waals surface area (Å²) in [7, 11) is 4.11. The van der Waals surface area contributed by atoms with E-state index in [9.17, 15) is 4.79 Å². The van der Waals surface area contributed by atoms with Crippen LogP contribution in [0.1, 0.15) is 30.8 Å². The number of carbonyl (C=O) groups is 1. The van der Waals surface area contributed by atoms with E-state index in [1.54, 1.807) is 0 Å². The summed E-state index contributed by atoms with van der Waals surface area (Å²) in [4.78, 5) is 28.9. The predicted molar refractivity (Wildman–Crippen MR) is 125 cm³/mol. The van der Waals surface area contributed by atoms with Crippen molar-refractivity contribution in [1.29, 1.82) is 0 Å². The van der Waals surface area contributed by atoms with Gasteiger partial charge in [-0.15, -0.1) is 0 Å². The maximum absolute atomic E-state index is 11.9. The van der Waals surface area contributed by atoms with E-state index in [1.807, 2.05) is 37.3 Å². The Hall–Kier alpha value is -2.98. The zero-order valence-electron chi connectivity index (χ0n) is 18.6. The van der Waals surface area contributed by atoms with Crippen molar-refractivity contribution in [2.24, 2.45) is 5.92 Å². The number of aromatic amines is 1. The van der Waals surface area contributed by atoms with Gasteiger partial charge < -0.3 is 15.5 Å². The number of anilines is 3. The first-order chi connectivity index (χ1) is 15.4. The molecule has 0 unspecified atom stereocenters. The molecule has 0 bridgehead atoms. The van der Waals surface area contributed by atoms with Crippen molar-refractivity contribution in [2.75, 3.05) is 31.3 Å². The fraction of sp³-hybridized carbons (Fsp3) is 0.409. The van der Waals surface area contributed by atoms with Gasteiger partial charge in [-0.1, -0.05) is 0 Å². The highest BCUT2D eigenvalue weighted by Gasteiger charge is 2.29. The van der Waals surface area contributed by atoms with Gasteiger partial charge >= 0.3 is 0 Å². The summed E-state index contributed by atoms with van der Waals surface area (Å²) < 4.78 is 0. The lowest BCUT2D eigenvalue weighted by Gasteiger charge is -2.10. The second-order valence-electron chi connectivity index (χ2n) is 8.22. The molecule has 0 atom stereocenters. The molecule has 1 aliphatic rings. The first-order valence-electron chi connectivity index (χ1n) is 10.7. The number of aryl methyl sites for hydroxylation is 2. The van der Waals surface area contributed by atoms with Gasteiger partial charge in [-0.05, 0) is 82.9 Å². The van der Waals surface area contributed by atoms with Gasteiger partial charge in [0.1, 0.15) is 5.82 Å². The Balaban J connectivity index is 1.47. The quantitative estimate of drug-likeness (QED) is 0.427. The second-order valence-corrected chi connectivity index (χ2v) is 9.26. The van der Waals surface area contributed by atoms with Gasteiger partial charge in [0.15, 0.2) is 11.0 Å². The Labute approximate surface area is 191 Å². The zero-order chi connectivity index (χ0) is 22.5. The molecule has 2 aromatic heterocycles. The van der Waals surface area contributed by atoms with Gasteiger partial charge in [-0.25, -0.2) is 4.98 Å². The number of benzene rings is 1. The molecular weight excluding hydrogens is 424 g/mol. The largest absolute Gasteiger partial charge is 0.326 e. The highest BCUT2D eigenvalue weighted by molar-refractivity contribution is 7.99. The minimum absolute atomic E-state index is 0.106. The van der Waals surface area contributed by atoms with Crippen LogP contribution in [0.4, 0.5) is 17.5 Å². The molecular formula is C22H28N8OS. The SMILES string of the molecule is Cc1cc(Nc2nc(CCCN(C)C)nc(Sc3ccc(NC(=O)C4CC4)cc3)n2)n[nH]1. The average Bonchev–Trinajstić information content (AvgIpc) is 3.52. The van der Waals surface area contributed by atoms with E-state index in [0.29, 0.717) is 16.9 Å². The van der Waals surface area contributed by atoms with Gasteiger partial charge in [0.25, 0.3) is 0 Å². The van der Waals surface area contributed by atoms with E-state index in [-0.39, 0.29) is 11.8 Å². The molecule has 4 rings (SSSR count). The van der Waals surface area contributed by atoms with Crippen LogP contribution in [0.2, 0.25) is 0 Å². The molecule has 1 amide bonds. The maximum atomic E-state index is 11.9. The van der Waals surface area contributed by atoms with Crippen molar-refractivity contribution >= 4 is 35.1 Å². The topological polar surface area (TPSA) is 112 Å². The van der Waals surface area contributed by atoms with E-state index in [0.717, 1.165) is 54.3 Å². The van der Waals surface area contributed by atoms with E-state index < -0.39 is 0 Å². The highest BCUT2D eigenvalue weighted by Crippen LogP contribution is 2.31. The third-order valence-electron chi connectivity index (χ3n) is 4.89. The summed E-state index contributed by atoms with van der Waals surface area (Å²) in [5.74, 6) is 2.17. The number of hydrogen-bond acceptors (Lipinski definition) is 8. The summed E-state index contributed by atoms with van der Waals surface area (Å²) in [5.41, 5.74) is 1.76. The number of amides is 1. The van der Waals surface area contributed by atoms with Crippen LogP contribution in [0.25, 0.3) is 0 Å². The summed E-state index contributed by atoms with van der Waals surface area (Å²) in [6, 6.07) is 9.65. The molecule has 3 N–H and O–H groups in total. The Morgan fingerprint density at radius 1 is 1.19 bits per heavy atom. The number of H-pyrrole nitrogens is 1. The van der Waals surface area contributed by atoms with Crippen LogP contribution in [0.3, 0.4) is 0 Å². The molecule has 168 valence electrons. The van der Waals surface area contributed by atoms with Crippen molar-refractivity contribution in [3.63, 3.8) is 0 Å². The minimum Gasteiger partial charge on any atom is -0.326 e. The fourth-order valence-corrected chi connectivity index (χ4v) is 3.83. The van der Waals surface area contributed by atoms with Crippen molar-refractivity contribution in [3.05, 3.63) is 41.9 Å². The number of carbonyl (C=O) groups excluding carboxylic acids is 1. The predicted octanol–water partition coefficient (Wildman–Crippen LogP) is 3.64. The van der Waals surface area contributed by atoms with Crippen LogP contribution in [0.5, 0.6) is 0 Å². The number of nitrogens with zero attached hydrogens (tertiary/aromatic N) is 5. The smallest absolute Gasteiger partial charge is 0.232 e. The molecule has 1 aromatic carbocycles. The van der Waals surface area contributed by atoms with Crippen LogP contribution in [0, 0.1) is 12.8 Å². The van der Waals surface area contributed by atoms with Crippen molar-refractivity contribution in [1.82, 2.24) is 30.0 Å². The Kier molecular flexibility index (Phi) is 7.01. The molecule has 3 aromatic rings. The van der Waals surface area contributed by atoms with Crippen LogP contribution in [-0.2, 0) is 11.2 Å². The minimum atomic E-state index is 0.106. The average molecular weight is 453 g/mol. The van der Waals surface area contributed by atoms with Crippen molar-refractivity contribution in [3.8, 4) is 0 Å². The highest BCUT2D eigenvalue weighted by atomic mass is 32.2. The molecule has 1 aliphatic carbocycles. The second kappa shape index (κ2) is 10.1. The molecule has 9 nitrogen and oxygen atoms in total. The fourth-order valence-electron chi connectivity index (χ4n) is 3.06. The van der Waals surface area contributed by atoms with Crippen molar-refractivity contribution < 1.29 is 4.79 Å². The number of aromatic nitrogens is 5. The summed E-state index contributed by atoms with van der Waals surface area (Å²) >= 11 is 1.46. The van der Waals surface area contributed by atoms with Crippen LogP contribution in [-0.4, -0.2) is 56.6 Å². The lowest BCUT2D eigenvalue weighted by Crippen LogP contribution is -2.14. The summed E-state index contributed by atoms with van der Waals surface area (Å²) in [6.45, 7) is 2.90. The van der Waals surface area contributed by atoms with E-state index in [4.69, 9.17) is 0 Å². The maximum Gasteiger partial charge on any atom is 0.232 e. The van der Waals surface area contributed by atoms with Crippen LogP contribution < -0.4 is 10.6 Å². The van der Waals surface area contributed by atoms with E-state index in [1.165, 1.54) is 11.8 Å². The molecule has 32 heavy (non-hydrogen) atoms. The molecule has 1 fully saturated rings. The van der Waals surface area contributed by atoms with Crippen molar-refractivity contribution in [2.45, 2.75) is 42.7 Å². The first kappa shape index (κ1) is 22.2. The Morgan fingerprint density at radius 2 is 1.97 bits per heavy atom. The summed E-state index contributed by atoms with van der Waals surface area (Å²) in [5, 5.41) is 13.9. The number of nitrogens with one attached hydrogen (secondary N) is 3. The van der Waals surface area contributed by atoms with E-state index in [2.05, 4.69) is 54.8 Å². The van der Waals surface area contributed by atoms with Gasteiger partial charge in [0, 0.05) is 34.7 Å². The molecule has 2 heterocycles. The third-order valence-corrected chi connectivity index (χ3v) is 5.76. The molecule has 0 aliphatic heterocycles. The lowest BCUT2D eigenvalue weighted by atomic mass is 10.3. The molecule has 0 radical (unpaired) electrons. The summed E-state index contributed by atoms with van der Waals surface area (Å²) in [6.07, 6.45) is 3.70. The lowest BCUT2D eigenvalue weighted by molar-refractivity contribution is -0.117. The molecule has 10 heteroatoms. The van der Waals surface area contributed by atoms with Gasteiger partial charge in [0.05, 0.1) is 0 Å². The first-order valence-corrected chi connectivity index (χ1v) is 11.5. The van der Waals surface area contributed by atoms with Gasteiger partial charge in [0.2, 0.25) is 11.9 Å². The van der Waals surface area contributed by atoms with Crippen LogP contribution >= 0.6 is 11.8 Å². The molecule has 0 spiro atoms. The zero-order valence-corrected chi connectivity index (χ0v) is 19.4. The van der Waals surface area contributed by atoms with Gasteiger partial charge in [-0.2, -0.15) is 15.1 Å². The Morgan fingerprint density at radius 3 is 2.62 bits per heavy atom. The number of hydrogen-bond donors (Lipinski definition) is 3. The normalized spacial score (nSPS) is 13.4. The van der Waals surface area contributed by atoms with Crippen LogP contribution in [0.15, 0.2) is 40.4 Å². The molecule has 1 saturated carbocycles. The van der Waals surface area contributed by atoms with E-state index >= 15 is 0 Å². The number of rotatable bonds is 10. The third kappa shape index (κ3) is 6.51. The standard InChI is InChI=1S/C22H28N8OS/c1-14-13-19(29-28-14)25-21-24-18(5-4-12-30(2)3)26-22(27-21)32-17-10-8-16(9-11-17)23-20(31)15-6-7-15/h8-11,13,15H,4-7,12H2,1-3H3,(H,23,31)(H2,24,25,26,27,28,29). The molecule has 0 saturated heterocycles. The Bertz CT molecular complexity index is 1060. The monoisotopic (exact) mass is 452 g/mol. The van der Waals surface area contributed by atoms with Gasteiger partial charge in [-0.3, -0.25) is 9.89 Å².